The van der Waals surface area contributed by atoms with Gasteiger partial charge in [-0.3, -0.25) is 4.79 Å². The number of aromatic nitrogens is 1. The Morgan fingerprint density at radius 2 is 2.14 bits per heavy atom. The molecule has 1 aromatic heterocycles. The summed E-state index contributed by atoms with van der Waals surface area (Å²) >= 11 is 0. The molecule has 1 amide bonds. The Balaban J connectivity index is 3.44. The largest absolute Gasteiger partial charge is 0.364 e. The molecule has 1 rings (SSSR count). The van der Waals surface area contributed by atoms with Crippen LogP contribution in [0.4, 0.5) is 13.2 Å². The maximum atomic E-state index is 13.0. The van der Waals surface area contributed by atoms with Gasteiger partial charge in [0.1, 0.15) is 11.5 Å². The first-order chi connectivity index (χ1) is 6.43. The number of aryl methyl sites for hydroxylation is 1. The molecule has 0 atom stereocenters. The number of pyridine rings is 1. The summed E-state index contributed by atoms with van der Waals surface area (Å²) < 4.78 is 37.6. The molecule has 0 aliphatic heterocycles. The van der Waals surface area contributed by atoms with Crippen LogP contribution in [0.3, 0.4) is 0 Å². The third-order valence-electron chi connectivity index (χ3n) is 1.59. The maximum absolute atomic E-state index is 13.0. The number of amides is 1. The lowest BCUT2D eigenvalue weighted by Crippen LogP contribution is -2.18. The van der Waals surface area contributed by atoms with Gasteiger partial charge in [0.15, 0.2) is 0 Å². The molecule has 0 spiro atoms. The molecule has 76 valence electrons. The molecular weight excluding hydrogens is 197 g/mol. The second-order valence-corrected chi connectivity index (χ2v) is 2.67. The number of rotatable bonds is 2. The van der Waals surface area contributed by atoms with Gasteiger partial charge < -0.3 is 5.73 Å². The summed E-state index contributed by atoms with van der Waals surface area (Å²) in [5, 5.41) is 0. The van der Waals surface area contributed by atoms with Crippen molar-refractivity contribution in [3.05, 3.63) is 28.8 Å². The van der Waals surface area contributed by atoms with Crippen LogP contribution in [0.15, 0.2) is 6.07 Å². The zero-order valence-electron chi connectivity index (χ0n) is 7.22. The van der Waals surface area contributed by atoms with Crippen LogP contribution in [0.2, 0.25) is 0 Å². The summed E-state index contributed by atoms with van der Waals surface area (Å²) in [7, 11) is 0. The molecule has 0 bridgehead atoms. The monoisotopic (exact) mass is 204 g/mol. The lowest BCUT2D eigenvalue weighted by atomic mass is 10.1. The van der Waals surface area contributed by atoms with Crippen LogP contribution in [0.5, 0.6) is 0 Å². The molecule has 2 N–H and O–H groups in total. The van der Waals surface area contributed by atoms with Gasteiger partial charge in [-0.2, -0.15) is 0 Å². The van der Waals surface area contributed by atoms with Gasteiger partial charge in [-0.05, 0) is 13.0 Å². The lowest BCUT2D eigenvalue weighted by molar-refractivity contribution is 0.0976. The predicted molar refractivity (Wildman–Crippen MR) is 42.4 cm³/mol. The van der Waals surface area contributed by atoms with E-state index in [1.165, 1.54) is 6.92 Å². The van der Waals surface area contributed by atoms with E-state index in [4.69, 9.17) is 5.73 Å². The highest BCUT2D eigenvalue weighted by Crippen LogP contribution is 2.24. The van der Waals surface area contributed by atoms with E-state index in [0.717, 1.165) is 6.07 Å². The van der Waals surface area contributed by atoms with E-state index in [1.54, 1.807) is 0 Å². The second-order valence-electron chi connectivity index (χ2n) is 2.67. The fourth-order valence-corrected chi connectivity index (χ4v) is 1.04. The first kappa shape index (κ1) is 10.5. The van der Waals surface area contributed by atoms with Crippen LogP contribution < -0.4 is 5.73 Å². The third kappa shape index (κ3) is 1.84. The Morgan fingerprint density at radius 1 is 1.57 bits per heavy atom. The molecule has 0 fully saturated rings. The number of carbonyl (C=O) groups excluding carboxylic acids is 1. The van der Waals surface area contributed by atoms with Crippen LogP contribution in [0.25, 0.3) is 0 Å². The Bertz CT molecular complexity index is 379. The average molecular weight is 204 g/mol. The van der Waals surface area contributed by atoms with E-state index >= 15 is 0 Å². The van der Waals surface area contributed by atoms with Crippen molar-refractivity contribution in [2.24, 2.45) is 5.73 Å². The van der Waals surface area contributed by atoms with Gasteiger partial charge in [0.25, 0.3) is 12.3 Å². The molecule has 14 heavy (non-hydrogen) atoms. The number of halogens is 3. The maximum Gasteiger partial charge on any atom is 0.268 e. The molecule has 0 aliphatic carbocycles. The topological polar surface area (TPSA) is 56.0 Å². The molecule has 6 heteroatoms. The van der Waals surface area contributed by atoms with E-state index < -0.39 is 29.4 Å². The van der Waals surface area contributed by atoms with Crippen molar-refractivity contribution in [2.45, 2.75) is 13.3 Å². The zero-order valence-corrected chi connectivity index (χ0v) is 7.22. The minimum absolute atomic E-state index is 0.126. The number of hydrogen-bond donors (Lipinski definition) is 1. The fourth-order valence-electron chi connectivity index (χ4n) is 1.04. The van der Waals surface area contributed by atoms with E-state index in [2.05, 4.69) is 4.98 Å². The number of carbonyl (C=O) groups is 1. The first-order valence-corrected chi connectivity index (χ1v) is 3.68. The Hall–Kier alpha value is -1.59. The Labute approximate surface area is 77.7 Å². The molecule has 0 aromatic carbocycles. The van der Waals surface area contributed by atoms with Crippen molar-refractivity contribution >= 4 is 5.91 Å². The highest BCUT2D eigenvalue weighted by molar-refractivity contribution is 5.92. The van der Waals surface area contributed by atoms with Crippen molar-refractivity contribution in [3.8, 4) is 0 Å². The van der Waals surface area contributed by atoms with Gasteiger partial charge in [0.2, 0.25) is 0 Å². The van der Waals surface area contributed by atoms with Crippen molar-refractivity contribution in [1.29, 1.82) is 0 Å². The fraction of sp³-hybridized carbons (Fsp3) is 0.250. The van der Waals surface area contributed by atoms with Crippen molar-refractivity contribution in [2.75, 3.05) is 0 Å². The highest BCUT2D eigenvalue weighted by Gasteiger charge is 2.23. The summed E-state index contributed by atoms with van der Waals surface area (Å²) in [6.07, 6.45) is -3.11. The van der Waals surface area contributed by atoms with E-state index in [-0.39, 0.29) is 5.69 Å². The van der Waals surface area contributed by atoms with Gasteiger partial charge in [0, 0.05) is 5.69 Å². The number of nitrogens with zero attached hydrogens (tertiary/aromatic N) is 1. The van der Waals surface area contributed by atoms with Gasteiger partial charge in [-0.1, -0.05) is 0 Å². The number of primary amides is 1. The quantitative estimate of drug-likeness (QED) is 0.794. The average Bonchev–Trinajstić information content (AvgIpc) is 2.01. The third-order valence-corrected chi connectivity index (χ3v) is 1.59. The SMILES string of the molecule is Cc1cc(F)c(C(F)F)c(C(N)=O)n1. The van der Waals surface area contributed by atoms with Crippen molar-refractivity contribution in [1.82, 2.24) is 4.98 Å². The van der Waals surface area contributed by atoms with E-state index in [0.29, 0.717) is 0 Å². The summed E-state index contributed by atoms with van der Waals surface area (Å²) in [6, 6.07) is 0.827. The van der Waals surface area contributed by atoms with Crippen LogP contribution in [-0.4, -0.2) is 10.9 Å². The van der Waals surface area contributed by atoms with Crippen LogP contribution in [0.1, 0.15) is 28.2 Å². The second kappa shape index (κ2) is 3.65. The first-order valence-electron chi connectivity index (χ1n) is 3.68. The predicted octanol–water partition coefficient (Wildman–Crippen LogP) is 1.57. The standard InChI is InChI=1S/C8H7F3N2O/c1-3-2-4(9)5(7(10)11)6(13-3)8(12)14/h2,7H,1H3,(H2,12,14). The molecule has 0 aliphatic rings. The lowest BCUT2D eigenvalue weighted by Gasteiger charge is -2.06. The zero-order chi connectivity index (χ0) is 10.9. The van der Waals surface area contributed by atoms with Crippen molar-refractivity contribution < 1.29 is 18.0 Å². The molecule has 0 saturated heterocycles. The number of hydrogen-bond acceptors (Lipinski definition) is 2. The number of nitrogens with two attached hydrogens (primary N) is 1. The van der Waals surface area contributed by atoms with Crippen molar-refractivity contribution in [3.63, 3.8) is 0 Å². The number of alkyl halides is 2. The molecule has 0 radical (unpaired) electrons. The van der Waals surface area contributed by atoms with Gasteiger partial charge in [0.05, 0.1) is 5.56 Å². The minimum atomic E-state index is -3.11. The summed E-state index contributed by atoms with van der Waals surface area (Å²) in [6.45, 7) is 1.38. The Morgan fingerprint density at radius 3 is 2.57 bits per heavy atom. The van der Waals surface area contributed by atoms with E-state index in [9.17, 15) is 18.0 Å². The Kier molecular flexibility index (Phi) is 2.73. The molecule has 0 unspecified atom stereocenters. The van der Waals surface area contributed by atoms with Gasteiger partial charge in [-0.15, -0.1) is 0 Å². The molecule has 0 saturated carbocycles. The molecule has 1 aromatic rings. The van der Waals surface area contributed by atoms with Gasteiger partial charge in [-0.25, -0.2) is 18.2 Å². The summed E-state index contributed by atoms with van der Waals surface area (Å²) in [5.41, 5.74) is 3.16. The van der Waals surface area contributed by atoms with E-state index in [1.807, 2.05) is 0 Å². The molecule has 1 heterocycles. The van der Waals surface area contributed by atoms with Crippen LogP contribution in [-0.2, 0) is 0 Å². The normalized spacial score (nSPS) is 10.6. The summed E-state index contributed by atoms with van der Waals surface area (Å²) in [5.74, 6) is -2.33. The minimum Gasteiger partial charge on any atom is -0.364 e. The molecule has 3 nitrogen and oxygen atoms in total. The smallest absolute Gasteiger partial charge is 0.268 e. The molecular formula is C8H7F3N2O. The van der Waals surface area contributed by atoms with Gasteiger partial charge >= 0.3 is 0 Å². The van der Waals surface area contributed by atoms with Crippen LogP contribution >= 0.6 is 0 Å². The summed E-state index contributed by atoms with van der Waals surface area (Å²) in [4.78, 5) is 14.2. The van der Waals surface area contributed by atoms with Crippen LogP contribution in [0, 0.1) is 12.7 Å². The highest BCUT2D eigenvalue weighted by atomic mass is 19.3.